The van der Waals surface area contributed by atoms with Crippen LogP contribution in [-0.2, 0) is 5.41 Å². The lowest BCUT2D eigenvalue weighted by Gasteiger charge is -2.35. The molecular formula is C32H24. The van der Waals surface area contributed by atoms with E-state index < -0.39 is 0 Å². The van der Waals surface area contributed by atoms with Gasteiger partial charge in [0.05, 0.1) is 5.41 Å². The highest BCUT2D eigenvalue weighted by Gasteiger charge is 2.47. The highest BCUT2D eigenvalue weighted by Crippen LogP contribution is 2.59. The third-order valence-corrected chi connectivity index (χ3v) is 6.89. The second-order valence-corrected chi connectivity index (χ2v) is 8.57. The first kappa shape index (κ1) is 18.8. The topological polar surface area (TPSA) is 0 Å². The Morgan fingerprint density at radius 1 is 0.469 bits per heavy atom. The van der Waals surface area contributed by atoms with E-state index >= 15 is 0 Å². The summed E-state index contributed by atoms with van der Waals surface area (Å²) in [5.41, 5.74) is 11.6. The van der Waals surface area contributed by atoms with E-state index in [1.807, 2.05) is 0 Å². The Balaban J connectivity index is 1.85. The molecule has 0 heterocycles. The number of aryl methyl sites for hydroxylation is 1. The normalized spacial score (nSPS) is 13.4. The number of fused-ring (bicyclic) bond motifs is 3. The molecule has 32 heavy (non-hydrogen) atoms. The molecule has 0 fully saturated rings. The van der Waals surface area contributed by atoms with E-state index in [-0.39, 0.29) is 5.41 Å². The lowest BCUT2D eigenvalue weighted by Crippen LogP contribution is -2.29. The molecule has 0 unspecified atom stereocenters. The Morgan fingerprint density at radius 3 is 1.62 bits per heavy atom. The molecule has 0 bridgehead atoms. The smallest absolute Gasteiger partial charge is 0.0622 e. The van der Waals surface area contributed by atoms with Gasteiger partial charge < -0.3 is 0 Å². The lowest BCUT2D eigenvalue weighted by atomic mass is 9.66. The summed E-state index contributed by atoms with van der Waals surface area (Å²) in [6.07, 6.45) is 0. The number of rotatable bonds is 3. The molecule has 1 aliphatic carbocycles. The van der Waals surface area contributed by atoms with E-state index in [1.54, 1.807) is 0 Å². The summed E-state index contributed by atoms with van der Waals surface area (Å²) in [7, 11) is 0. The van der Waals surface area contributed by atoms with Crippen molar-refractivity contribution in [2.45, 2.75) is 12.3 Å². The van der Waals surface area contributed by atoms with Gasteiger partial charge in [0.15, 0.2) is 0 Å². The van der Waals surface area contributed by atoms with Crippen LogP contribution in [0.25, 0.3) is 22.3 Å². The molecule has 0 aliphatic heterocycles. The highest BCUT2D eigenvalue weighted by atomic mass is 14.5. The van der Waals surface area contributed by atoms with Crippen LogP contribution < -0.4 is 0 Å². The van der Waals surface area contributed by atoms with Crippen molar-refractivity contribution in [2.75, 3.05) is 0 Å². The van der Waals surface area contributed by atoms with E-state index in [0.29, 0.717) is 0 Å². The first-order valence-corrected chi connectivity index (χ1v) is 11.2. The minimum atomic E-state index is -0.369. The van der Waals surface area contributed by atoms with Gasteiger partial charge in [-0.15, -0.1) is 0 Å². The summed E-state index contributed by atoms with van der Waals surface area (Å²) < 4.78 is 0. The van der Waals surface area contributed by atoms with E-state index in [0.717, 1.165) is 0 Å². The minimum absolute atomic E-state index is 0.369. The second-order valence-electron chi connectivity index (χ2n) is 8.57. The molecule has 0 heteroatoms. The van der Waals surface area contributed by atoms with Gasteiger partial charge in [-0.25, -0.2) is 0 Å². The van der Waals surface area contributed by atoms with Crippen LogP contribution in [0.2, 0.25) is 0 Å². The summed E-state index contributed by atoms with van der Waals surface area (Å²) in [6, 6.07) is 46.4. The number of hydrogen-bond acceptors (Lipinski definition) is 0. The quantitative estimate of drug-likeness (QED) is 0.278. The fraction of sp³-hybridized carbons (Fsp3) is 0.0625. The van der Waals surface area contributed by atoms with E-state index in [9.17, 15) is 0 Å². The summed E-state index contributed by atoms with van der Waals surface area (Å²) in [6.45, 7) is 2.25. The molecule has 0 radical (unpaired) electrons. The third-order valence-electron chi connectivity index (χ3n) is 6.89. The molecule has 152 valence electrons. The van der Waals surface area contributed by atoms with Crippen molar-refractivity contribution in [1.29, 1.82) is 0 Å². The predicted octanol–water partition coefficient (Wildman–Crippen LogP) is 8.03. The van der Waals surface area contributed by atoms with E-state index in [2.05, 4.69) is 134 Å². The van der Waals surface area contributed by atoms with Crippen molar-refractivity contribution in [1.82, 2.24) is 0 Å². The lowest BCUT2D eigenvalue weighted by molar-refractivity contribution is 0.770. The van der Waals surface area contributed by atoms with Gasteiger partial charge in [-0.2, -0.15) is 0 Å². The Kier molecular flexibility index (Phi) is 4.33. The van der Waals surface area contributed by atoms with Crippen LogP contribution in [0.1, 0.15) is 27.8 Å². The van der Waals surface area contributed by atoms with E-state index in [1.165, 1.54) is 50.1 Å². The van der Waals surface area contributed by atoms with Crippen molar-refractivity contribution in [2.24, 2.45) is 0 Å². The molecule has 1 aliphatic rings. The zero-order valence-corrected chi connectivity index (χ0v) is 18.1. The monoisotopic (exact) mass is 408 g/mol. The molecule has 0 saturated carbocycles. The van der Waals surface area contributed by atoms with Gasteiger partial charge in [-0.3, -0.25) is 0 Å². The molecule has 0 spiro atoms. The fourth-order valence-electron chi connectivity index (χ4n) is 5.61. The van der Waals surface area contributed by atoms with Gasteiger partial charge >= 0.3 is 0 Å². The van der Waals surface area contributed by atoms with Gasteiger partial charge in [0.2, 0.25) is 0 Å². The van der Waals surface area contributed by atoms with Gasteiger partial charge in [-0.05, 0) is 57.0 Å². The summed E-state index contributed by atoms with van der Waals surface area (Å²) >= 11 is 0. The average molecular weight is 409 g/mol. The highest BCUT2D eigenvalue weighted by molar-refractivity contribution is 5.93. The van der Waals surface area contributed by atoms with Gasteiger partial charge in [0.1, 0.15) is 0 Å². The summed E-state index contributed by atoms with van der Waals surface area (Å²) in [5.74, 6) is 0. The van der Waals surface area contributed by atoms with Crippen molar-refractivity contribution in [3.05, 3.63) is 155 Å². The largest absolute Gasteiger partial charge is 0.0719 e. The molecular weight excluding hydrogens is 384 g/mol. The molecule has 0 atom stereocenters. The Labute approximate surface area is 189 Å². The van der Waals surface area contributed by atoms with Crippen molar-refractivity contribution in [3.63, 3.8) is 0 Å². The zero-order valence-electron chi connectivity index (χ0n) is 18.1. The Bertz CT molecular complexity index is 1360. The first-order chi connectivity index (χ1) is 15.8. The van der Waals surface area contributed by atoms with Crippen LogP contribution in [0.3, 0.4) is 0 Å². The first-order valence-electron chi connectivity index (χ1n) is 11.2. The zero-order chi connectivity index (χ0) is 21.5. The van der Waals surface area contributed by atoms with Gasteiger partial charge in [-0.1, -0.05) is 127 Å². The van der Waals surface area contributed by atoms with Crippen LogP contribution in [0.4, 0.5) is 0 Å². The third kappa shape index (κ3) is 2.56. The molecule has 0 N–H and O–H groups in total. The molecule has 0 amide bonds. The number of benzene rings is 5. The average Bonchev–Trinajstić information content (AvgIpc) is 3.19. The summed E-state index contributed by atoms with van der Waals surface area (Å²) in [4.78, 5) is 0. The minimum Gasteiger partial charge on any atom is -0.0622 e. The summed E-state index contributed by atoms with van der Waals surface area (Å²) in [5, 5.41) is 0. The second kappa shape index (κ2) is 7.35. The maximum Gasteiger partial charge on any atom is 0.0719 e. The molecule has 6 rings (SSSR count). The molecule has 5 aromatic rings. The van der Waals surface area contributed by atoms with Crippen molar-refractivity contribution in [3.8, 4) is 22.3 Å². The van der Waals surface area contributed by atoms with Crippen LogP contribution in [0.5, 0.6) is 0 Å². The molecule has 5 aromatic carbocycles. The number of hydrogen-bond donors (Lipinski definition) is 0. The fourth-order valence-corrected chi connectivity index (χ4v) is 5.61. The Hall–Kier alpha value is -3.90. The standard InChI is InChI=1S/C32H24/c1-23-21-22-27(24-13-5-2-6-14-24)31-30(23)28-19-11-12-20-29(28)32(31,25-15-7-3-8-16-25)26-17-9-4-10-18-26/h2-22H,1H3. The van der Waals surface area contributed by atoms with Gasteiger partial charge in [0, 0.05) is 0 Å². The molecule has 0 saturated heterocycles. The molecule has 0 aromatic heterocycles. The maximum atomic E-state index is 2.32. The predicted molar refractivity (Wildman–Crippen MR) is 134 cm³/mol. The van der Waals surface area contributed by atoms with E-state index in [4.69, 9.17) is 0 Å². The molecule has 0 nitrogen and oxygen atoms in total. The SMILES string of the molecule is Cc1ccc(-c2ccccc2)c2c1-c1ccccc1C2(c1ccccc1)c1ccccc1. The maximum absolute atomic E-state index is 2.32. The van der Waals surface area contributed by atoms with Crippen molar-refractivity contribution >= 4 is 0 Å². The van der Waals surface area contributed by atoms with Crippen LogP contribution in [-0.4, -0.2) is 0 Å². The van der Waals surface area contributed by atoms with Crippen LogP contribution in [0, 0.1) is 6.92 Å². The van der Waals surface area contributed by atoms with Crippen molar-refractivity contribution < 1.29 is 0 Å². The van der Waals surface area contributed by atoms with Crippen LogP contribution >= 0.6 is 0 Å². The Morgan fingerprint density at radius 2 is 1.00 bits per heavy atom. The van der Waals surface area contributed by atoms with Gasteiger partial charge in [0.25, 0.3) is 0 Å². The van der Waals surface area contributed by atoms with Crippen LogP contribution in [0.15, 0.2) is 127 Å².